The van der Waals surface area contributed by atoms with Crippen LogP contribution in [-0.4, -0.2) is 6.61 Å². The Morgan fingerprint density at radius 1 is 1.19 bits per heavy atom. The molecule has 0 aliphatic heterocycles. The first-order valence-corrected chi connectivity index (χ1v) is 7.21. The summed E-state index contributed by atoms with van der Waals surface area (Å²) in [5.41, 5.74) is 3.08. The highest BCUT2D eigenvalue weighted by molar-refractivity contribution is 6.32. The summed E-state index contributed by atoms with van der Waals surface area (Å²) in [6, 6.07) is 11.4. The van der Waals surface area contributed by atoms with Crippen LogP contribution < -0.4 is 10.1 Å². The summed E-state index contributed by atoms with van der Waals surface area (Å²) in [7, 11) is 0. The fourth-order valence-corrected chi connectivity index (χ4v) is 2.32. The second-order valence-corrected chi connectivity index (χ2v) is 5.34. The minimum atomic E-state index is 0.207. The lowest BCUT2D eigenvalue weighted by molar-refractivity contribution is 0.370. The number of benzene rings is 2. The predicted octanol–water partition coefficient (Wildman–Crippen LogP) is 4.93. The first-order valence-electron chi connectivity index (χ1n) is 6.45. The van der Waals surface area contributed by atoms with E-state index in [4.69, 9.17) is 34.4 Å². The molecule has 0 radical (unpaired) electrons. The molecule has 1 N–H and O–H groups in total. The van der Waals surface area contributed by atoms with Gasteiger partial charge in [-0.3, -0.25) is 0 Å². The van der Waals surface area contributed by atoms with Crippen molar-refractivity contribution in [2.45, 2.75) is 13.5 Å². The number of terminal acetylenes is 1. The summed E-state index contributed by atoms with van der Waals surface area (Å²) in [5.74, 6) is 3.01. The van der Waals surface area contributed by atoms with E-state index in [0.29, 0.717) is 17.3 Å². The van der Waals surface area contributed by atoms with Crippen molar-refractivity contribution in [3.63, 3.8) is 0 Å². The summed E-state index contributed by atoms with van der Waals surface area (Å²) in [6.45, 7) is 2.84. The number of hydrogen-bond acceptors (Lipinski definition) is 2. The van der Waals surface area contributed by atoms with Crippen LogP contribution in [0.15, 0.2) is 36.4 Å². The van der Waals surface area contributed by atoms with Crippen molar-refractivity contribution < 1.29 is 4.74 Å². The molecule has 0 bridgehead atoms. The highest BCUT2D eigenvalue weighted by Gasteiger charge is 2.05. The molecule has 0 saturated carbocycles. The zero-order chi connectivity index (χ0) is 15.2. The number of hydrogen-bond donors (Lipinski definition) is 1. The fourth-order valence-electron chi connectivity index (χ4n) is 1.89. The first kappa shape index (κ1) is 15.6. The van der Waals surface area contributed by atoms with Crippen molar-refractivity contribution >= 4 is 28.9 Å². The van der Waals surface area contributed by atoms with Crippen LogP contribution in [0.2, 0.25) is 10.0 Å². The van der Waals surface area contributed by atoms with Crippen molar-refractivity contribution in [3.8, 4) is 18.1 Å². The van der Waals surface area contributed by atoms with Crippen molar-refractivity contribution in [2.75, 3.05) is 11.9 Å². The average molecular weight is 320 g/mol. The van der Waals surface area contributed by atoms with Crippen LogP contribution >= 0.6 is 23.2 Å². The smallest absolute Gasteiger partial charge is 0.148 e. The van der Waals surface area contributed by atoms with Crippen LogP contribution in [0.3, 0.4) is 0 Å². The van der Waals surface area contributed by atoms with E-state index in [0.717, 1.165) is 21.8 Å². The van der Waals surface area contributed by atoms with Gasteiger partial charge in [-0.2, -0.15) is 0 Å². The van der Waals surface area contributed by atoms with E-state index >= 15 is 0 Å². The van der Waals surface area contributed by atoms with Crippen molar-refractivity contribution in [3.05, 3.63) is 57.6 Å². The summed E-state index contributed by atoms with van der Waals surface area (Å²) in [4.78, 5) is 0. The molecular formula is C17H15Cl2NO. The number of ether oxygens (including phenoxy) is 1. The molecular weight excluding hydrogens is 305 g/mol. The maximum absolute atomic E-state index is 6.16. The van der Waals surface area contributed by atoms with E-state index in [9.17, 15) is 0 Å². The van der Waals surface area contributed by atoms with Gasteiger partial charge in [0.05, 0.1) is 5.02 Å². The number of anilines is 1. The Balaban J connectivity index is 2.05. The molecule has 0 amide bonds. The van der Waals surface area contributed by atoms with Gasteiger partial charge in [0.1, 0.15) is 12.4 Å². The van der Waals surface area contributed by atoms with E-state index in [1.807, 2.05) is 43.3 Å². The van der Waals surface area contributed by atoms with Crippen molar-refractivity contribution in [2.24, 2.45) is 0 Å². The molecule has 0 atom stereocenters. The Kier molecular flexibility index (Phi) is 5.38. The van der Waals surface area contributed by atoms with Gasteiger partial charge in [0, 0.05) is 17.3 Å². The lowest BCUT2D eigenvalue weighted by Crippen LogP contribution is -2.02. The second-order valence-electron chi connectivity index (χ2n) is 4.52. The maximum atomic E-state index is 6.16. The Hall–Kier alpha value is -1.82. The largest absolute Gasteiger partial charge is 0.479 e. The zero-order valence-electron chi connectivity index (χ0n) is 11.6. The molecule has 0 saturated heterocycles. The topological polar surface area (TPSA) is 21.3 Å². The third-order valence-corrected chi connectivity index (χ3v) is 3.76. The number of halogens is 2. The van der Waals surface area contributed by atoms with Gasteiger partial charge >= 0.3 is 0 Å². The lowest BCUT2D eigenvalue weighted by Gasteiger charge is -2.12. The first-order chi connectivity index (χ1) is 10.1. The Morgan fingerprint density at radius 3 is 2.71 bits per heavy atom. The van der Waals surface area contributed by atoms with Crippen LogP contribution in [-0.2, 0) is 6.54 Å². The zero-order valence-corrected chi connectivity index (χ0v) is 13.1. The molecule has 2 aromatic rings. The predicted molar refractivity (Wildman–Crippen MR) is 89.3 cm³/mol. The van der Waals surface area contributed by atoms with Gasteiger partial charge in [-0.05, 0) is 42.3 Å². The normalized spacial score (nSPS) is 10.0. The fraction of sp³-hybridized carbons (Fsp3) is 0.176. The van der Waals surface area contributed by atoms with Crippen LogP contribution in [0.5, 0.6) is 5.75 Å². The standard InChI is InChI=1S/C17H15Cl2NO/c1-3-9-21-17-8-7-13(10-15(17)19)11-20-16-6-4-5-14(18)12(16)2/h1,4-8,10,20H,9,11H2,2H3. The molecule has 0 unspecified atom stereocenters. The molecule has 0 aromatic heterocycles. The molecule has 4 heteroatoms. The summed E-state index contributed by atoms with van der Waals surface area (Å²) < 4.78 is 5.33. The second kappa shape index (κ2) is 7.26. The van der Waals surface area contributed by atoms with Crippen LogP contribution in [0, 0.1) is 19.3 Å². The Labute approximate surface area is 135 Å². The highest BCUT2D eigenvalue weighted by Crippen LogP contribution is 2.27. The van der Waals surface area contributed by atoms with Gasteiger partial charge in [0.25, 0.3) is 0 Å². The summed E-state index contributed by atoms with van der Waals surface area (Å²) >= 11 is 12.3. The molecule has 2 rings (SSSR count). The average Bonchev–Trinajstić information content (AvgIpc) is 2.48. The van der Waals surface area contributed by atoms with Gasteiger partial charge in [-0.25, -0.2) is 0 Å². The van der Waals surface area contributed by atoms with Gasteiger partial charge in [-0.1, -0.05) is 41.3 Å². The minimum Gasteiger partial charge on any atom is -0.479 e. The number of rotatable bonds is 5. The monoisotopic (exact) mass is 319 g/mol. The molecule has 0 spiro atoms. The molecule has 0 heterocycles. The molecule has 0 aliphatic carbocycles. The highest BCUT2D eigenvalue weighted by atomic mass is 35.5. The molecule has 2 nitrogen and oxygen atoms in total. The Bertz CT molecular complexity index is 677. The minimum absolute atomic E-state index is 0.207. The maximum Gasteiger partial charge on any atom is 0.148 e. The van der Waals surface area contributed by atoms with E-state index in [-0.39, 0.29) is 6.61 Å². The van der Waals surface area contributed by atoms with Crippen LogP contribution in [0.25, 0.3) is 0 Å². The molecule has 0 aliphatic rings. The van der Waals surface area contributed by atoms with E-state index in [2.05, 4.69) is 11.2 Å². The van der Waals surface area contributed by atoms with Gasteiger partial charge < -0.3 is 10.1 Å². The molecule has 21 heavy (non-hydrogen) atoms. The van der Waals surface area contributed by atoms with Gasteiger partial charge in [-0.15, -0.1) is 6.42 Å². The van der Waals surface area contributed by atoms with Gasteiger partial charge in [0.2, 0.25) is 0 Å². The lowest BCUT2D eigenvalue weighted by atomic mass is 10.1. The summed E-state index contributed by atoms with van der Waals surface area (Å²) in [5, 5.41) is 4.64. The molecule has 2 aromatic carbocycles. The van der Waals surface area contributed by atoms with Crippen LogP contribution in [0.4, 0.5) is 5.69 Å². The third kappa shape index (κ3) is 4.07. The third-order valence-electron chi connectivity index (χ3n) is 3.06. The Morgan fingerprint density at radius 2 is 2.00 bits per heavy atom. The van der Waals surface area contributed by atoms with Gasteiger partial charge in [0.15, 0.2) is 0 Å². The van der Waals surface area contributed by atoms with Crippen molar-refractivity contribution in [1.29, 1.82) is 0 Å². The molecule has 0 fully saturated rings. The van der Waals surface area contributed by atoms with E-state index in [1.54, 1.807) is 0 Å². The molecule has 108 valence electrons. The van der Waals surface area contributed by atoms with E-state index < -0.39 is 0 Å². The SMILES string of the molecule is C#CCOc1ccc(CNc2cccc(Cl)c2C)cc1Cl. The van der Waals surface area contributed by atoms with Crippen molar-refractivity contribution in [1.82, 2.24) is 0 Å². The van der Waals surface area contributed by atoms with Crippen LogP contribution in [0.1, 0.15) is 11.1 Å². The number of nitrogens with one attached hydrogen (secondary N) is 1. The summed E-state index contributed by atoms with van der Waals surface area (Å²) in [6.07, 6.45) is 5.16. The van der Waals surface area contributed by atoms with E-state index in [1.165, 1.54) is 0 Å². The quantitative estimate of drug-likeness (QED) is 0.789.